The first-order valence-electron chi connectivity index (χ1n) is 7.11. The van der Waals surface area contributed by atoms with Crippen molar-refractivity contribution in [1.29, 1.82) is 0 Å². The van der Waals surface area contributed by atoms with E-state index in [1.165, 1.54) is 6.07 Å². The third-order valence-corrected chi connectivity index (χ3v) is 4.01. The highest BCUT2D eigenvalue weighted by atomic mass is 32.2. The summed E-state index contributed by atoms with van der Waals surface area (Å²) in [6.07, 6.45) is 0.461. The Morgan fingerprint density at radius 2 is 1.92 bits per heavy atom. The average molecular weight is 342 g/mol. The van der Waals surface area contributed by atoms with Crippen LogP contribution in [0.15, 0.2) is 58.2 Å². The molecule has 0 bridgehead atoms. The zero-order chi connectivity index (χ0) is 16.9. The van der Waals surface area contributed by atoms with Gasteiger partial charge in [-0.2, -0.15) is 0 Å². The van der Waals surface area contributed by atoms with Crippen LogP contribution >= 0.6 is 11.8 Å². The third-order valence-electron chi connectivity index (χ3n) is 3.27. The maximum Gasteiger partial charge on any atom is 0.284 e. The van der Waals surface area contributed by atoms with Crippen molar-refractivity contribution in [2.75, 3.05) is 7.11 Å². The number of aromatic hydroxyl groups is 1. The Bertz CT molecular complexity index is 846. The van der Waals surface area contributed by atoms with E-state index in [1.54, 1.807) is 25.3 Å². The Morgan fingerprint density at radius 3 is 2.62 bits per heavy atom. The van der Waals surface area contributed by atoms with E-state index in [-0.39, 0.29) is 21.7 Å². The van der Waals surface area contributed by atoms with Crippen molar-refractivity contribution in [2.24, 2.45) is 0 Å². The summed E-state index contributed by atoms with van der Waals surface area (Å²) in [5.74, 6) is 1.11. The molecule has 3 rings (SSSR count). The molecule has 0 aliphatic carbocycles. The normalized spacial score (nSPS) is 10.5. The van der Waals surface area contributed by atoms with Crippen LogP contribution in [0.25, 0.3) is 0 Å². The van der Waals surface area contributed by atoms with Gasteiger partial charge in [0.15, 0.2) is 0 Å². The zero-order valence-corrected chi connectivity index (χ0v) is 13.6. The first kappa shape index (κ1) is 16.1. The Kier molecular flexibility index (Phi) is 4.81. The zero-order valence-electron chi connectivity index (χ0n) is 12.8. The molecule has 0 atom stereocenters. The summed E-state index contributed by atoms with van der Waals surface area (Å²) in [4.78, 5) is 12.1. The predicted octanol–water partition coefficient (Wildman–Crippen LogP) is 3.31. The van der Waals surface area contributed by atoms with Crippen molar-refractivity contribution in [3.63, 3.8) is 0 Å². The van der Waals surface area contributed by atoms with Gasteiger partial charge < -0.3 is 14.3 Å². The van der Waals surface area contributed by atoms with E-state index in [2.05, 4.69) is 10.2 Å². The smallest absolute Gasteiger partial charge is 0.284 e. The van der Waals surface area contributed by atoms with E-state index in [0.29, 0.717) is 12.3 Å². The van der Waals surface area contributed by atoms with Crippen molar-refractivity contribution in [3.8, 4) is 11.5 Å². The number of aromatic nitrogens is 2. The van der Waals surface area contributed by atoms with Crippen LogP contribution in [0.4, 0.5) is 0 Å². The lowest BCUT2D eigenvalue weighted by molar-refractivity contribution is 0.108. The Labute approximate surface area is 142 Å². The van der Waals surface area contributed by atoms with Gasteiger partial charge in [-0.15, -0.1) is 10.2 Å². The molecule has 0 fully saturated rings. The molecular weight excluding hydrogens is 328 g/mol. The first-order valence-corrected chi connectivity index (χ1v) is 7.93. The Balaban J connectivity index is 1.67. The number of carbonyl (C=O) groups excluding carboxylic acids is 1. The Hall–Kier alpha value is -2.80. The molecule has 0 saturated carbocycles. The third kappa shape index (κ3) is 3.75. The van der Waals surface area contributed by atoms with E-state index < -0.39 is 0 Å². The van der Waals surface area contributed by atoms with Crippen molar-refractivity contribution in [1.82, 2.24) is 10.2 Å². The number of ether oxygens (including phenoxy) is 1. The monoisotopic (exact) mass is 342 g/mol. The number of hydrogen-bond acceptors (Lipinski definition) is 7. The summed E-state index contributed by atoms with van der Waals surface area (Å²) >= 11 is 0.789. The highest BCUT2D eigenvalue weighted by Crippen LogP contribution is 2.26. The summed E-state index contributed by atoms with van der Waals surface area (Å²) in [6, 6.07) is 13.8. The second kappa shape index (κ2) is 7.18. The quantitative estimate of drug-likeness (QED) is 0.712. The molecule has 122 valence electrons. The molecule has 3 aromatic rings. The molecule has 7 heteroatoms. The van der Waals surface area contributed by atoms with Crippen LogP contribution < -0.4 is 4.74 Å². The molecule has 1 aromatic heterocycles. The van der Waals surface area contributed by atoms with Crippen molar-refractivity contribution in [3.05, 3.63) is 65.5 Å². The molecule has 0 saturated heterocycles. The van der Waals surface area contributed by atoms with Gasteiger partial charge in [-0.1, -0.05) is 24.3 Å². The highest BCUT2D eigenvalue weighted by molar-refractivity contribution is 8.14. The standard InChI is InChI=1S/C17H14N2O4S/c1-22-12-8-6-11(7-9-12)10-15-18-19-17(23-15)24-16(21)13-4-2-3-5-14(13)20/h2-9,20H,10H2,1H3. The van der Waals surface area contributed by atoms with Crippen molar-refractivity contribution >= 4 is 16.9 Å². The van der Waals surface area contributed by atoms with Gasteiger partial charge in [0.25, 0.3) is 5.22 Å². The first-order chi connectivity index (χ1) is 11.7. The number of hydrogen-bond donors (Lipinski definition) is 1. The fourth-order valence-electron chi connectivity index (χ4n) is 2.05. The molecule has 1 N–H and O–H groups in total. The number of methoxy groups -OCH3 is 1. The summed E-state index contributed by atoms with van der Waals surface area (Å²) in [7, 11) is 1.61. The van der Waals surface area contributed by atoms with Gasteiger partial charge in [-0.3, -0.25) is 4.79 Å². The second-order valence-electron chi connectivity index (χ2n) is 4.89. The average Bonchev–Trinajstić information content (AvgIpc) is 3.02. The molecule has 0 aliphatic heterocycles. The molecule has 0 aliphatic rings. The fraction of sp³-hybridized carbons (Fsp3) is 0.118. The SMILES string of the molecule is COc1ccc(Cc2nnc(SC(=O)c3ccccc3O)o2)cc1. The fourth-order valence-corrected chi connectivity index (χ4v) is 2.71. The number of rotatable bonds is 5. The predicted molar refractivity (Wildman–Crippen MR) is 88.4 cm³/mol. The van der Waals surface area contributed by atoms with E-state index in [1.807, 2.05) is 24.3 Å². The minimum Gasteiger partial charge on any atom is -0.507 e. The molecular formula is C17H14N2O4S. The number of phenolic OH excluding ortho intramolecular Hbond substituents is 1. The molecule has 6 nitrogen and oxygen atoms in total. The van der Waals surface area contributed by atoms with Gasteiger partial charge in [0.2, 0.25) is 11.0 Å². The molecule has 24 heavy (non-hydrogen) atoms. The van der Waals surface area contributed by atoms with E-state index >= 15 is 0 Å². The number of nitrogens with zero attached hydrogens (tertiary/aromatic N) is 2. The van der Waals surface area contributed by atoms with Gasteiger partial charge in [-0.05, 0) is 29.8 Å². The lowest BCUT2D eigenvalue weighted by Crippen LogP contribution is -1.93. The molecule has 1 heterocycles. The van der Waals surface area contributed by atoms with Gasteiger partial charge in [0, 0.05) is 11.8 Å². The van der Waals surface area contributed by atoms with E-state index in [0.717, 1.165) is 23.1 Å². The van der Waals surface area contributed by atoms with Crippen LogP contribution in [0.1, 0.15) is 21.8 Å². The lowest BCUT2D eigenvalue weighted by Gasteiger charge is -2.01. The molecule has 2 aromatic carbocycles. The van der Waals surface area contributed by atoms with Gasteiger partial charge >= 0.3 is 0 Å². The molecule has 0 spiro atoms. The summed E-state index contributed by atoms with van der Waals surface area (Å²) in [5.41, 5.74) is 1.19. The summed E-state index contributed by atoms with van der Waals surface area (Å²) in [5, 5.41) is 17.3. The number of benzene rings is 2. The van der Waals surface area contributed by atoms with Crippen molar-refractivity contribution < 1.29 is 19.1 Å². The van der Waals surface area contributed by atoms with Gasteiger partial charge in [0.1, 0.15) is 11.5 Å². The van der Waals surface area contributed by atoms with Gasteiger partial charge in [-0.25, -0.2) is 0 Å². The molecule has 0 unspecified atom stereocenters. The summed E-state index contributed by atoms with van der Waals surface area (Å²) < 4.78 is 10.6. The van der Waals surface area contributed by atoms with E-state index in [4.69, 9.17) is 9.15 Å². The maximum absolute atomic E-state index is 12.1. The molecule has 0 radical (unpaired) electrons. The van der Waals surface area contributed by atoms with Crippen molar-refractivity contribution in [2.45, 2.75) is 11.6 Å². The van der Waals surface area contributed by atoms with Gasteiger partial charge in [0.05, 0.1) is 19.1 Å². The topological polar surface area (TPSA) is 85.5 Å². The van der Waals surface area contributed by atoms with Crippen LogP contribution in [0, 0.1) is 0 Å². The minimum absolute atomic E-state index is 0.0760. The minimum atomic E-state index is -0.354. The highest BCUT2D eigenvalue weighted by Gasteiger charge is 2.16. The number of carbonyl (C=O) groups is 1. The lowest BCUT2D eigenvalue weighted by atomic mass is 10.1. The summed E-state index contributed by atoms with van der Waals surface area (Å²) in [6.45, 7) is 0. The number of phenols is 1. The van der Waals surface area contributed by atoms with Crippen LogP contribution in [0.3, 0.4) is 0 Å². The Morgan fingerprint density at radius 1 is 1.17 bits per heavy atom. The second-order valence-corrected chi connectivity index (χ2v) is 5.82. The number of para-hydroxylation sites is 1. The largest absolute Gasteiger partial charge is 0.507 e. The number of thioether (sulfide) groups is 1. The van der Waals surface area contributed by atoms with Crippen LogP contribution in [0.5, 0.6) is 11.5 Å². The maximum atomic E-state index is 12.1. The van der Waals surface area contributed by atoms with Crippen LogP contribution in [-0.4, -0.2) is 27.5 Å². The van der Waals surface area contributed by atoms with Crippen LogP contribution in [-0.2, 0) is 6.42 Å². The van der Waals surface area contributed by atoms with Crippen LogP contribution in [0.2, 0.25) is 0 Å². The molecule has 0 amide bonds. The van der Waals surface area contributed by atoms with E-state index in [9.17, 15) is 9.90 Å².